The minimum atomic E-state index is -0.281. The number of nitrogens with one attached hydrogen (secondary N) is 1. The summed E-state index contributed by atoms with van der Waals surface area (Å²) in [5, 5.41) is 2.89. The monoisotopic (exact) mass is 317 g/mol. The number of thioether (sulfide) groups is 1. The molecular weight excluding hydrogens is 297 g/mol. The van der Waals surface area contributed by atoms with Crippen LogP contribution in [0.4, 0.5) is 4.39 Å². The van der Waals surface area contributed by atoms with E-state index in [1.165, 1.54) is 23.3 Å². The van der Waals surface area contributed by atoms with Crippen LogP contribution >= 0.6 is 11.8 Å². The molecule has 0 saturated heterocycles. The molecule has 0 heterocycles. The number of benzene rings is 2. The minimum absolute atomic E-state index is 0.0252. The Hall–Kier alpha value is -1.81. The van der Waals surface area contributed by atoms with Crippen molar-refractivity contribution < 1.29 is 9.18 Å². The van der Waals surface area contributed by atoms with Crippen molar-refractivity contribution in [2.75, 3.05) is 12.3 Å². The molecule has 2 aromatic rings. The van der Waals surface area contributed by atoms with Crippen molar-refractivity contribution in [1.82, 2.24) is 5.32 Å². The van der Waals surface area contributed by atoms with Crippen molar-refractivity contribution >= 4 is 17.7 Å². The fourth-order valence-corrected chi connectivity index (χ4v) is 2.91. The summed E-state index contributed by atoms with van der Waals surface area (Å²) < 4.78 is 12.8. The number of amides is 1. The fourth-order valence-electron chi connectivity index (χ4n) is 2.10. The molecule has 0 saturated carbocycles. The van der Waals surface area contributed by atoms with Gasteiger partial charge in [0.2, 0.25) is 5.91 Å². The Morgan fingerprint density at radius 2 is 1.91 bits per heavy atom. The van der Waals surface area contributed by atoms with Crippen LogP contribution in [0.5, 0.6) is 0 Å². The smallest absolute Gasteiger partial charge is 0.224 e. The van der Waals surface area contributed by atoms with E-state index in [9.17, 15) is 9.18 Å². The Morgan fingerprint density at radius 3 is 2.64 bits per heavy atom. The largest absolute Gasteiger partial charge is 0.355 e. The van der Waals surface area contributed by atoms with Crippen LogP contribution in [-0.4, -0.2) is 18.2 Å². The third-order valence-electron chi connectivity index (χ3n) is 3.20. The van der Waals surface area contributed by atoms with Gasteiger partial charge in [0.15, 0.2) is 0 Å². The first-order chi connectivity index (χ1) is 10.6. The number of halogens is 1. The summed E-state index contributed by atoms with van der Waals surface area (Å²) in [5.74, 6) is 1.53. The lowest BCUT2D eigenvalue weighted by Crippen LogP contribution is -2.27. The predicted molar refractivity (Wildman–Crippen MR) is 90.5 cm³/mol. The molecule has 22 heavy (non-hydrogen) atoms. The van der Waals surface area contributed by atoms with Gasteiger partial charge in [-0.25, -0.2) is 4.39 Å². The molecule has 2 aromatic carbocycles. The Kier molecular flexibility index (Phi) is 6.46. The molecule has 0 aliphatic carbocycles. The molecule has 0 aliphatic heterocycles. The SMILES string of the molecule is Cc1cccc(CSCCNC(=O)Cc2ccc(F)cc2)c1. The fraction of sp³-hybridized carbons (Fsp3) is 0.278. The molecule has 1 N–H and O–H groups in total. The van der Waals surface area contributed by atoms with Gasteiger partial charge in [0.25, 0.3) is 0 Å². The van der Waals surface area contributed by atoms with E-state index in [2.05, 4.69) is 36.5 Å². The number of hydrogen-bond donors (Lipinski definition) is 1. The van der Waals surface area contributed by atoms with E-state index in [-0.39, 0.29) is 11.7 Å². The van der Waals surface area contributed by atoms with Gasteiger partial charge < -0.3 is 5.32 Å². The first-order valence-corrected chi connectivity index (χ1v) is 8.43. The average molecular weight is 317 g/mol. The maximum atomic E-state index is 12.8. The summed E-state index contributed by atoms with van der Waals surface area (Å²) in [5.41, 5.74) is 3.40. The van der Waals surface area contributed by atoms with Crippen LogP contribution < -0.4 is 5.32 Å². The molecule has 0 spiro atoms. The highest BCUT2D eigenvalue weighted by Crippen LogP contribution is 2.12. The van der Waals surface area contributed by atoms with Gasteiger partial charge in [0.1, 0.15) is 5.82 Å². The van der Waals surface area contributed by atoms with Crippen molar-refractivity contribution in [3.8, 4) is 0 Å². The van der Waals surface area contributed by atoms with Crippen molar-refractivity contribution in [2.45, 2.75) is 19.1 Å². The van der Waals surface area contributed by atoms with E-state index in [4.69, 9.17) is 0 Å². The van der Waals surface area contributed by atoms with Crippen molar-refractivity contribution in [3.63, 3.8) is 0 Å². The summed E-state index contributed by atoms with van der Waals surface area (Å²) in [4.78, 5) is 11.8. The maximum Gasteiger partial charge on any atom is 0.224 e. The van der Waals surface area contributed by atoms with Gasteiger partial charge in [-0.15, -0.1) is 0 Å². The van der Waals surface area contributed by atoms with E-state index in [1.807, 2.05) is 0 Å². The molecule has 0 bridgehead atoms. The predicted octanol–water partition coefficient (Wildman–Crippen LogP) is 3.73. The maximum absolute atomic E-state index is 12.8. The zero-order chi connectivity index (χ0) is 15.8. The molecule has 4 heteroatoms. The molecule has 0 unspecified atom stereocenters. The van der Waals surface area contributed by atoms with E-state index in [0.717, 1.165) is 17.1 Å². The van der Waals surface area contributed by atoms with Gasteiger partial charge in [0.05, 0.1) is 6.42 Å². The number of rotatable bonds is 7. The van der Waals surface area contributed by atoms with E-state index in [1.54, 1.807) is 23.9 Å². The van der Waals surface area contributed by atoms with Crippen molar-refractivity contribution in [1.29, 1.82) is 0 Å². The highest BCUT2D eigenvalue weighted by molar-refractivity contribution is 7.98. The molecule has 1 amide bonds. The van der Waals surface area contributed by atoms with Gasteiger partial charge >= 0.3 is 0 Å². The Labute approximate surface area is 135 Å². The summed E-state index contributed by atoms with van der Waals surface area (Å²) in [6.07, 6.45) is 0.294. The van der Waals surface area contributed by atoms with Gasteiger partial charge in [-0.05, 0) is 30.2 Å². The lowest BCUT2D eigenvalue weighted by molar-refractivity contribution is -0.120. The first-order valence-electron chi connectivity index (χ1n) is 7.28. The third-order valence-corrected chi connectivity index (χ3v) is 4.23. The lowest BCUT2D eigenvalue weighted by Gasteiger charge is -2.06. The van der Waals surface area contributed by atoms with Crippen LogP contribution in [-0.2, 0) is 17.0 Å². The van der Waals surface area contributed by atoms with Crippen LogP contribution in [0.15, 0.2) is 48.5 Å². The highest BCUT2D eigenvalue weighted by atomic mass is 32.2. The van der Waals surface area contributed by atoms with Crippen LogP contribution in [0.3, 0.4) is 0 Å². The van der Waals surface area contributed by atoms with E-state index < -0.39 is 0 Å². The summed E-state index contributed by atoms with van der Waals surface area (Å²) in [7, 11) is 0. The number of carbonyl (C=O) groups excluding carboxylic acids is 1. The third kappa shape index (κ3) is 5.90. The van der Waals surface area contributed by atoms with Crippen LogP contribution in [0.25, 0.3) is 0 Å². The average Bonchev–Trinajstić information content (AvgIpc) is 2.49. The molecule has 2 rings (SSSR count). The van der Waals surface area contributed by atoms with Crippen LogP contribution in [0, 0.1) is 12.7 Å². The number of aryl methyl sites for hydroxylation is 1. The summed E-state index contributed by atoms with van der Waals surface area (Å²) in [6, 6.07) is 14.5. The Balaban J connectivity index is 1.62. The van der Waals surface area contributed by atoms with Crippen molar-refractivity contribution in [3.05, 3.63) is 71.0 Å². The van der Waals surface area contributed by atoms with E-state index in [0.29, 0.717) is 13.0 Å². The molecule has 0 atom stereocenters. The number of carbonyl (C=O) groups is 1. The highest BCUT2D eigenvalue weighted by Gasteiger charge is 2.03. The molecule has 2 nitrogen and oxygen atoms in total. The first kappa shape index (κ1) is 16.6. The quantitative estimate of drug-likeness (QED) is 0.789. The summed E-state index contributed by atoms with van der Waals surface area (Å²) >= 11 is 1.80. The minimum Gasteiger partial charge on any atom is -0.355 e. The lowest BCUT2D eigenvalue weighted by atomic mass is 10.1. The van der Waals surface area contributed by atoms with Crippen LogP contribution in [0.1, 0.15) is 16.7 Å². The zero-order valence-electron chi connectivity index (χ0n) is 12.6. The summed E-state index contributed by atoms with van der Waals surface area (Å²) in [6.45, 7) is 2.74. The Morgan fingerprint density at radius 1 is 1.14 bits per heavy atom. The molecule has 116 valence electrons. The van der Waals surface area contributed by atoms with Crippen LogP contribution in [0.2, 0.25) is 0 Å². The standard InChI is InChI=1S/C18H20FNOS/c1-14-3-2-4-16(11-14)13-22-10-9-20-18(21)12-15-5-7-17(19)8-6-15/h2-8,11H,9-10,12-13H2,1H3,(H,20,21). The molecule has 0 aliphatic rings. The van der Waals surface area contributed by atoms with Gasteiger partial charge in [0, 0.05) is 18.1 Å². The Bertz CT molecular complexity index is 613. The molecule has 0 radical (unpaired) electrons. The zero-order valence-corrected chi connectivity index (χ0v) is 13.5. The van der Waals surface area contributed by atoms with Crippen molar-refractivity contribution in [2.24, 2.45) is 0 Å². The second kappa shape index (κ2) is 8.59. The molecule has 0 aromatic heterocycles. The second-order valence-corrected chi connectivity index (χ2v) is 6.30. The van der Waals surface area contributed by atoms with Gasteiger partial charge in [-0.3, -0.25) is 4.79 Å². The second-order valence-electron chi connectivity index (χ2n) is 5.19. The molecule has 0 fully saturated rings. The van der Waals surface area contributed by atoms with Gasteiger partial charge in [-0.1, -0.05) is 42.0 Å². The van der Waals surface area contributed by atoms with Gasteiger partial charge in [-0.2, -0.15) is 11.8 Å². The molecular formula is C18H20FNOS. The van der Waals surface area contributed by atoms with E-state index >= 15 is 0 Å². The topological polar surface area (TPSA) is 29.1 Å². The number of hydrogen-bond acceptors (Lipinski definition) is 2. The normalized spacial score (nSPS) is 10.5.